The minimum absolute atomic E-state index is 0.0250. The zero-order chi connectivity index (χ0) is 11.6. The molecule has 0 aromatic heterocycles. The number of alkyl halides is 1. The Hall–Kier alpha value is -1.09. The number of hydrogen-bond acceptors (Lipinski definition) is 2. The van der Waals surface area contributed by atoms with E-state index >= 15 is 0 Å². The molecule has 1 aliphatic rings. The molecule has 1 unspecified atom stereocenters. The number of phenolic OH excluding ortho intramolecular Hbond substituents is 1. The topological polar surface area (TPSA) is 29.5 Å². The van der Waals surface area contributed by atoms with E-state index in [1.54, 1.807) is 25.1 Å². The molecule has 1 N–H and O–H groups in total. The summed E-state index contributed by atoms with van der Waals surface area (Å²) in [5.41, 5.74) is -0.831. The second kappa shape index (κ2) is 4.42. The van der Waals surface area contributed by atoms with Gasteiger partial charge in [0.05, 0.1) is 0 Å². The molecule has 1 atom stereocenters. The number of phenols is 1. The molecule has 0 amide bonds. The van der Waals surface area contributed by atoms with Crippen LogP contribution in [0.25, 0.3) is 0 Å². The molecule has 3 heteroatoms. The van der Waals surface area contributed by atoms with E-state index in [1.807, 2.05) is 0 Å². The van der Waals surface area contributed by atoms with Crippen LogP contribution in [0.3, 0.4) is 0 Å². The lowest BCUT2D eigenvalue weighted by molar-refractivity contribution is -0.00506. The predicted molar refractivity (Wildman–Crippen MR) is 60.1 cm³/mol. The Morgan fingerprint density at radius 2 is 2.06 bits per heavy atom. The lowest BCUT2D eigenvalue weighted by Gasteiger charge is -2.33. The maximum atomic E-state index is 14.7. The molecule has 0 spiro atoms. The molecule has 1 saturated heterocycles. The molecular weight excluding hydrogens is 207 g/mol. The highest BCUT2D eigenvalue weighted by molar-refractivity contribution is 5.31. The molecule has 0 radical (unpaired) electrons. The molecule has 1 heterocycles. The number of aromatic hydroxyl groups is 1. The second-order valence-corrected chi connectivity index (χ2v) is 4.51. The van der Waals surface area contributed by atoms with Gasteiger partial charge in [0.15, 0.2) is 0 Å². The molecule has 1 aromatic rings. The molecule has 2 rings (SSSR count). The first-order chi connectivity index (χ1) is 7.60. The van der Waals surface area contributed by atoms with Gasteiger partial charge in [0.25, 0.3) is 0 Å². The lowest BCUT2D eigenvalue weighted by atomic mass is 9.80. The minimum Gasteiger partial charge on any atom is -0.508 e. The Balaban J connectivity index is 2.22. The molecule has 0 bridgehead atoms. The third kappa shape index (κ3) is 2.19. The maximum absolute atomic E-state index is 14.7. The molecule has 16 heavy (non-hydrogen) atoms. The summed E-state index contributed by atoms with van der Waals surface area (Å²) in [5, 5.41) is 9.38. The number of hydrogen-bond donors (Lipinski definition) is 1. The highest BCUT2D eigenvalue weighted by Gasteiger charge is 2.37. The van der Waals surface area contributed by atoms with Crippen molar-refractivity contribution in [2.45, 2.75) is 25.4 Å². The molecule has 2 nitrogen and oxygen atoms in total. The first-order valence-electron chi connectivity index (χ1n) is 5.67. The summed E-state index contributed by atoms with van der Waals surface area (Å²) in [6.45, 7) is 2.85. The summed E-state index contributed by atoms with van der Waals surface area (Å²) in [4.78, 5) is 0. The van der Waals surface area contributed by atoms with Crippen LogP contribution >= 0.6 is 0 Å². The molecule has 1 aliphatic heterocycles. The standard InChI is InChI=1S/C13H17FO2/c1-13(14,10-5-7-16-8-6-10)11-3-2-4-12(15)9-11/h2-4,9-10,15H,5-8H2,1H3. The van der Waals surface area contributed by atoms with E-state index in [2.05, 4.69) is 0 Å². The SMILES string of the molecule is CC(F)(c1cccc(O)c1)C1CCOCC1. The molecule has 1 fully saturated rings. The first-order valence-corrected chi connectivity index (χ1v) is 5.67. The number of ether oxygens (including phenoxy) is 1. The van der Waals surface area contributed by atoms with Crippen molar-refractivity contribution in [3.8, 4) is 5.75 Å². The third-order valence-electron chi connectivity index (χ3n) is 3.40. The van der Waals surface area contributed by atoms with Gasteiger partial charge in [-0.25, -0.2) is 4.39 Å². The van der Waals surface area contributed by atoms with Crippen LogP contribution < -0.4 is 0 Å². The highest BCUT2D eigenvalue weighted by Crippen LogP contribution is 2.40. The Morgan fingerprint density at radius 3 is 2.69 bits per heavy atom. The van der Waals surface area contributed by atoms with Crippen molar-refractivity contribution in [2.75, 3.05) is 13.2 Å². The van der Waals surface area contributed by atoms with E-state index in [4.69, 9.17) is 4.74 Å². The number of rotatable bonds is 2. The largest absolute Gasteiger partial charge is 0.508 e. The van der Waals surface area contributed by atoms with Crippen molar-refractivity contribution in [1.29, 1.82) is 0 Å². The normalized spacial score (nSPS) is 21.6. The van der Waals surface area contributed by atoms with E-state index in [0.717, 1.165) is 12.8 Å². The summed E-state index contributed by atoms with van der Waals surface area (Å²) in [6.07, 6.45) is 1.48. The van der Waals surface area contributed by atoms with E-state index in [9.17, 15) is 9.50 Å². The van der Waals surface area contributed by atoms with Crippen molar-refractivity contribution >= 4 is 0 Å². The Kier molecular flexibility index (Phi) is 3.15. The van der Waals surface area contributed by atoms with E-state index in [1.165, 1.54) is 6.07 Å². The second-order valence-electron chi connectivity index (χ2n) is 4.51. The van der Waals surface area contributed by atoms with Gasteiger partial charge in [0.1, 0.15) is 11.4 Å². The van der Waals surface area contributed by atoms with Crippen molar-refractivity contribution in [3.05, 3.63) is 29.8 Å². The Bertz CT molecular complexity index is 357. The van der Waals surface area contributed by atoms with Crippen LogP contribution in [0, 0.1) is 5.92 Å². The zero-order valence-electron chi connectivity index (χ0n) is 9.45. The zero-order valence-corrected chi connectivity index (χ0v) is 9.45. The van der Waals surface area contributed by atoms with Gasteiger partial charge in [-0.05, 0) is 37.5 Å². The molecule has 0 aliphatic carbocycles. The van der Waals surface area contributed by atoms with E-state index in [0.29, 0.717) is 18.8 Å². The van der Waals surface area contributed by atoms with Gasteiger partial charge in [0, 0.05) is 19.1 Å². The smallest absolute Gasteiger partial charge is 0.136 e. The van der Waals surface area contributed by atoms with Gasteiger partial charge < -0.3 is 9.84 Å². The fourth-order valence-electron chi connectivity index (χ4n) is 2.29. The van der Waals surface area contributed by atoms with Crippen molar-refractivity contribution in [2.24, 2.45) is 5.92 Å². The molecular formula is C13H17FO2. The summed E-state index contributed by atoms with van der Waals surface area (Å²) in [7, 11) is 0. The van der Waals surface area contributed by atoms with Crippen LogP contribution in [0.4, 0.5) is 4.39 Å². The van der Waals surface area contributed by atoms with E-state index in [-0.39, 0.29) is 11.7 Å². The van der Waals surface area contributed by atoms with Crippen LogP contribution in [-0.2, 0) is 10.4 Å². The lowest BCUT2D eigenvalue weighted by Crippen LogP contribution is -2.32. The van der Waals surface area contributed by atoms with Gasteiger partial charge in [-0.2, -0.15) is 0 Å². The third-order valence-corrected chi connectivity index (χ3v) is 3.40. The first kappa shape index (κ1) is 11.4. The van der Waals surface area contributed by atoms with Crippen LogP contribution in [0.15, 0.2) is 24.3 Å². The van der Waals surface area contributed by atoms with Gasteiger partial charge in [-0.3, -0.25) is 0 Å². The van der Waals surface area contributed by atoms with Crippen molar-refractivity contribution < 1.29 is 14.2 Å². The van der Waals surface area contributed by atoms with Crippen LogP contribution in [-0.4, -0.2) is 18.3 Å². The Morgan fingerprint density at radius 1 is 1.38 bits per heavy atom. The molecule has 1 aromatic carbocycles. The van der Waals surface area contributed by atoms with Gasteiger partial charge in [-0.1, -0.05) is 12.1 Å². The number of halogens is 1. The summed E-state index contributed by atoms with van der Waals surface area (Å²) < 4.78 is 20.0. The van der Waals surface area contributed by atoms with Gasteiger partial charge >= 0.3 is 0 Å². The van der Waals surface area contributed by atoms with Gasteiger partial charge in [0.2, 0.25) is 0 Å². The van der Waals surface area contributed by atoms with Crippen LogP contribution in [0.2, 0.25) is 0 Å². The minimum atomic E-state index is -1.39. The fraction of sp³-hybridized carbons (Fsp3) is 0.538. The maximum Gasteiger partial charge on any atom is 0.136 e. The van der Waals surface area contributed by atoms with Crippen LogP contribution in [0.1, 0.15) is 25.3 Å². The van der Waals surface area contributed by atoms with Gasteiger partial charge in [-0.15, -0.1) is 0 Å². The Labute approximate surface area is 95.1 Å². The van der Waals surface area contributed by atoms with Crippen molar-refractivity contribution in [1.82, 2.24) is 0 Å². The van der Waals surface area contributed by atoms with Crippen molar-refractivity contribution in [3.63, 3.8) is 0 Å². The summed E-state index contributed by atoms with van der Waals surface area (Å²) in [6, 6.07) is 6.48. The molecule has 88 valence electrons. The fourth-order valence-corrected chi connectivity index (χ4v) is 2.29. The quantitative estimate of drug-likeness (QED) is 0.836. The number of benzene rings is 1. The average Bonchev–Trinajstić information content (AvgIpc) is 2.30. The highest BCUT2D eigenvalue weighted by atomic mass is 19.1. The van der Waals surface area contributed by atoms with E-state index < -0.39 is 5.67 Å². The van der Waals surface area contributed by atoms with Crippen LogP contribution in [0.5, 0.6) is 5.75 Å². The summed E-state index contributed by atoms with van der Waals surface area (Å²) in [5.74, 6) is 0.0940. The predicted octanol–water partition coefficient (Wildman–Crippen LogP) is 3.00. The molecule has 0 saturated carbocycles. The monoisotopic (exact) mass is 224 g/mol. The summed E-state index contributed by atoms with van der Waals surface area (Å²) >= 11 is 0. The average molecular weight is 224 g/mol.